The average molecular weight is 516 g/mol. The molecule has 2 N–H and O–H groups in total. The number of furan rings is 1. The topological polar surface area (TPSA) is 91.7 Å². The highest BCUT2D eigenvalue weighted by Gasteiger charge is 2.33. The van der Waals surface area contributed by atoms with Crippen LogP contribution in [0.2, 0.25) is 0 Å². The van der Waals surface area contributed by atoms with Gasteiger partial charge >= 0.3 is 0 Å². The summed E-state index contributed by atoms with van der Waals surface area (Å²) in [7, 11) is 0. The van der Waals surface area contributed by atoms with E-state index in [4.69, 9.17) is 4.42 Å². The molecule has 190 valence electrons. The number of thiophene rings is 1. The Bertz CT molecular complexity index is 1360. The second-order valence-corrected chi connectivity index (χ2v) is 9.75. The Labute approximate surface area is 220 Å². The zero-order valence-corrected chi connectivity index (χ0v) is 21.8. The molecule has 0 fully saturated rings. The number of carbonyl (C=O) groups excluding carboxylic acids is 3. The highest BCUT2D eigenvalue weighted by atomic mass is 32.1. The van der Waals surface area contributed by atoms with Gasteiger partial charge in [0.1, 0.15) is 11.8 Å². The summed E-state index contributed by atoms with van der Waals surface area (Å²) < 4.78 is 5.37. The third-order valence-corrected chi connectivity index (χ3v) is 6.97. The zero-order chi connectivity index (χ0) is 26.4. The molecule has 1 atom stereocenters. The van der Waals surface area contributed by atoms with Crippen LogP contribution in [0.3, 0.4) is 0 Å². The molecule has 0 unspecified atom stereocenters. The van der Waals surface area contributed by atoms with Gasteiger partial charge in [0, 0.05) is 5.69 Å². The van der Waals surface area contributed by atoms with Crippen molar-refractivity contribution < 1.29 is 18.8 Å². The normalized spacial score (nSPS) is 11.5. The molecular formula is C29H29N3O4S. The van der Waals surface area contributed by atoms with Crippen molar-refractivity contribution in [3.8, 4) is 0 Å². The number of nitrogens with one attached hydrogen (secondary N) is 2. The predicted octanol–water partition coefficient (Wildman–Crippen LogP) is 5.09. The monoisotopic (exact) mass is 515 g/mol. The Balaban J connectivity index is 1.70. The van der Waals surface area contributed by atoms with Crippen molar-refractivity contribution in [1.29, 1.82) is 0 Å². The van der Waals surface area contributed by atoms with Crippen LogP contribution >= 0.6 is 11.3 Å². The van der Waals surface area contributed by atoms with Crippen LogP contribution in [0, 0.1) is 20.8 Å². The summed E-state index contributed by atoms with van der Waals surface area (Å²) in [5, 5.41) is 7.41. The fraction of sp³-hybridized carbons (Fsp3) is 0.207. The first-order chi connectivity index (χ1) is 17.8. The minimum atomic E-state index is -0.969. The van der Waals surface area contributed by atoms with E-state index in [9.17, 15) is 14.4 Å². The molecule has 4 aromatic rings. The van der Waals surface area contributed by atoms with Gasteiger partial charge in [-0.3, -0.25) is 19.3 Å². The molecule has 0 spiro atoms. The van der Waals surface area contributed by atoms with Gasteiger partial charge in [-0.05, 0) is 73.2 Å². The van der Waals surface area contributed by atoms with Gasteiger partial charge in [0.15, 0.2) is 0 Å². The van der Waals surface area contributed by atoms with Crippen LogP contribution in [0.25, 0.3) is 0 Å². The lowest BCUT2D eigenvalue weighted by atomic mass is 10.0. The van der Waals surface area contributed by atoms with Gasteiger partial charge in [0.05, 0.1) is 24.2 Å². The summed E-state index contributed by atoms with van der Waals surface area (Å²) >= 11 is 1.30. The quantitative estimate of drug-likeness (QED) is 0.325. The van der Waals surface area contributed by atoms with Crippen LogP contribution in [-0.2, 0) is 16.1 Å². The molecule has 0 saturated heterocycles. The Hall–Kier alpha value is -4.17. The predicted molar refractivity (Wildman–Crippen MR) is 145 cm³/mol. The number of hydrogen-bond donors (Lipinski definition) is 2. The van der Waals surface area contributed by atoms with E-state index < -0.39 is 11.9 Å². The first kappa shape index (κ1) is 25.9. The molecular weight excluding hydrogens is 486 g/mol. The number of hydrogen-bond acceptors (Lipinski definition) is 5. The number of benzene rings is 2. The van der Waals surface area contributed by atoms with Crippen LogP contribution < -0.4 is 15.5 Å². The lowest BCUT2D eigenvalue weighted by Crippen LogP contribution is -2.47. The van der Waals surface area contributed by atoms with Crippen molar-refractivity contribution in [2.45, 2.75) is 33.4 Å². The van der Waals surface area contributed by atoms with E-state index in [-0.39, 0.29) is 24.9 Å². The van der Waals surface area contributed by atoms with Crippen molar-refractivity contribution in [1.82, 2.24) is 10.6 Å². The molecule has 7 nitrogen and oxygen atoms in total. The van der Waals surface area contributed by atoms with Crippen LogP contribution in [0.4, 0.5) is 5.69 Å². The summed E-state index contributed by atoms with van der Waals surface area (Å²) in [6.07, 6.45) is 1.54. The maximum atomic E-state index is 13.7. The molecule has 0 aliphatic carbocycles. The van der Waals surface area contributed by atoms with Crippen LogP contribution in [-0.4, -0.2) is 24.3 Å². The van der Waals surface area contributed by atoms with E-state index in [0.717, 1.165) is 16.7 Å². The molecule has 2 aromatic carbocycles. The highest BCUT2D eigenvalue weighted by Crippen LogP contribution is 2.30. The van der Waals surface area contributed by atoms with Crippen LogP contribution in [0.5, 0.6) is 0 Å². The van der Waals surface area contributed by atoms with Gasteiger partial charge in [0.25, 0.3) is 5.91 Å². The summed E-state index contributed by atoms with van der Waals surface area (Å²) in [6, 6.07) is 19.2. The number of amides is 3. The van der Waals surface area contributed by atoms with Crippen LogP contribution in [0.15, 0.2) is 82.8 Å². The molecule has 0 aliphatic heterocycles. The molecule has 2 heterocycles. The maximum absolute atomic E-state index is 13.7. The fourth-order valence-electron chi connectivity index (χ4n) is 3.90. The maximum Gasteiger partial charge on any atom is 0.261 e. The number of nitrogens with zero attached hydrogens (tertiary/aromatic N) is 1. The molecule has 0 radical (unpaired) electrons. The van der Waals surface area contributed by atoms with Crippen molar-refractivity contribution in [2.75, 3.05) is 11.4 Å². The number of anilines is 1. The minimum Gasteiger partial charge on any atom is -0.467 e. The Morgan fingerprint density at radius 1 is 0.919 bits per heavy atom. The smallest absolute Gasteiger partial charge is 0.261 e. The second kappa shape index (κ2) is 11.7. The molecule has 0 aliphatic rings. The van der Waals surface area contributed by atoms with Gasteiger partial charge in [0.2, 0.25) is 11.8 Å². The molecule has 2 aromatic heterocycles. The van der Waals surface area contributed by atoms with Crippen LogP contribution in [0.1, 0.15) is 43.7 Å². The minimum absolute atomic E-state index is 0.179. The summed E-state index contributed by atoms with van der Waals surface area (Å²) in [5.74, 6) is -0.510. The molecule has 37 heavy (non-hydrogen) atoms. The lowest BCUT2D eigenvalue weighted by molar-refractivity contribution is -0.126. The van der Waals surface area contributed by atoms with Crippen molar-refractivity contribution in [2.24, 2.45) is 0 Å². The van der Waals surface area contributed by atoms with E-state index in [0.29, 0.717) is 21.9 Å². The third kappa shape index (κ3) is 6.34. The highest BCUT2D eigenvalue weighted by molar-refractivity contribution is 7.12. The van der Waals surface area contributed by atoms with Crippen molar-refractivity contribution in [3.63, 3.8) is 0 Å². The summed E-state index contributed by atoms with van der Waals surface area (Å²) in [4.78, 5) is 42.0. The second-order valence-electron chi connectivity index (χ2n) is 8.80. The average Bonchev–Trinajstić information content (AvgIpc) is 3.61. The number of rotatable bonds is 9. The Morgan fingerprint density at radius 2 is 1.70 bits per heavy atom. The SMILES string of the molecule is Cc1ccc([C@H](C(=O)NCc2ccco2)N(C(=O)CNC(=O)c2cccs2)c2ccc(C)c(C)c2)cc1. The van der Waals surface area contributed by atoms with Gasteiger partial charge in [-0.25, -0.2) is 0 Å². The van der Waals surface area contributed by atoms with Crippen molar-refractivity contribution >= 4 is 34.7 Å². The van der Waals surface area contributed by atoms with E-state index in [1.165, 1.54) is 16.2 Å². The first-order valence-corrected chi connectivity index (χ1v) is 12.8. The van der Waals surface area contributed by atoms with E-state index in [1.807, 2.05) is 63.2 Å². The Morgan fingerprint density at radius 3 is 2.35 bits per heavy atom. The van der Waals surface area contributed by atoms with Gasteiger partial charge in [-0.1, -0.05) is 42.0 Å². The lowest BCUT2D eigenvalue weighted by Gasteiger charge is -2.32. The van der Waals surface area contributed by atoms with E-state index in [1.54, 1.807) is 35.9 Å². The number of aryl methyl sites for hydroxylation is 3. The third-order valence-electron chi connectivity index (χ3n) is 6.10. The first-order valence-electron chi connectivity index (χ1n) is 11.9. The molecule has 0 saturated carbocycles. The zero-order valence-electron chi connectivity index (χ0n) is 21.0. The van der Waals surface area contributed by atoms with Crippen molar-refractivity contribution in [3.05, 3.63) is 111 Å². The largest absolute Gasteiger partial charge is 0.467 e. The summed E-state index contributed by atoms with van der Waals surface area (Å²) in [6.45, 7) is 5.82. The van der Waals surface area contributed by atoms with E-state index >= 15 is 0 Å². The van der Waals surface area contributed by atoms with Gasteiger partial charge < -0.3 is 15.1 Å². The summed E-state index contributed by atoms with van der Waals surface area (Å²) in [5.41, 5.74) is 4.30. The van der Waals surface area contributed by atoms with E-state index in [2.05, 4.69) is 10.6 Å². The number of carbonyl (C=O) groups is 3. The Kier molecular flexibility index (Phi) is 8.20. The molecule has 3 amide bonds. The fourth-order valence-corrected chi connectivity index (χ4v) is 4.54. The van der Waals surface area contributed by atoms with Gasteiger partial charge in [-0.2, -0.15) is 0 Å². The standard InChI is InChI=1S/C29H29N3O4S/c1-19-8-11-22(12-9-19)27(29(35)30-17-24-6-4-14-36-24)32(23-13-10-20(2)21(3)16-23)26(33)18-31-28(34)25-7-5-15-37-25/h4-16,27H,17-18H2,1-3H3,(H,30,35)(H,31,34)/t27-/m1/s1. The molecule has 8 heteroatoms. The van der Waals surface area contributed by atoms with Gasteiger partial charge in [-0.15, -0.1) is 11.3 Å². The molecule has 0 bridgehead atoms. The molecule has 4 rings (SSSR count).